The number of ether oxygens (including phenoxy) is 1. The maximum atomic E-state index is 12.8. The van der Waals surface area contributed by atoms with E-state index in [0.29, 0.717) is 6.04 Å². The molecule has 1 amide bonds. The maximum Gasteiger partial charge on any atom is 0.260 e. The van der Waals surface area contributed by atoms with E-state index in [9.17, 15) is 4.79 Å². The van der Waals surface area contributed by atoms with Gasteiger partial charge in [-0.3, -0.25) is 4.79 Å². The average molecular weight is 359 g/mol. The quantitative estimate of drug-likeness (QED) is 0.772. The minimum atomic E-state index is 0.146. The molecule has 1 aromatic rings. The minimum absolute atomic E-state index is 0.146. The Labute approximate surface area is 158 Å². The maximum absolute atomic E-state index is 12.8. The molecule has 0 saturated carbocycles. The van der Waals surface area contributed by atoms with Crippen molar-refractivity contribution in [1.82, 2.24) is 9.80 Å². The molecule has 2 aliphatic heterocycles. The lowest BCUT2D eigenvalue weighted by molar-refractivity contribution is -0.137. The number of likely N-dealkylation sites (tertiary alicyclic amines) is 2. The third-order valence-corrected chi connectivity index (χ3v) is 5.73. The molecule has 0 aromatic heterocycles. The molecule has 144 valence electrons. The first kappa shape index (κ1) is 19.2. The largest absolute Gasteiger partial charge is 0.484 e. The van der Waals surface area contributed by atoms with Gasteiger partial charge in [-0.2, -0.15) is 0 Å². The van der Waals surface area contributed by atoms with Crippen molar-refractivity contribution in [3.8, 4) is 5.75 Å². The van der Waals surface area contributed by atoms with E-state index in [1.54, 1.807) is 0 Å². The Kier molecular flexibility index (Phi) is 6.95. The Bertz CT molecular complexity index is 576. The third-order valence-electron chi connectivity index (χ3n) is 5.73. The number of rotatable bonds is 6. The van der Waals surface area contributed by atoms with Crippen LogP contribution < -0.4 is 4.74 Å². The van der Waals surface area contributed by atoms with Crippen molar-refractivity contribution < 1.29 is 9.53 Å². The predicted molar refractivity (Wildman–Crippen MR) is 106 cm³/mol. The van der Waals surface area contributed by atoms with Crippen LogP contribution in [0.15, 0.2) is 18.2 Å². The summed E-state index contributed by atoms with van der Waals surface area (Å²) in [4.78, 5) is 17.5. The Balaban J connectivity index is 1.51. The number of hydrogen-bond donors (Lipinski definition) is 0. The van der Waals surface area contributed by atoms with Crippen LogP contribution in [0.4, 0.5) is 0 Å². The van der Waals surface area contributed by atoms with Gasteiger partial charge in [-0.05, 0) is 88.7 Å². The van der Waals surface area contributed by atoms with Gasteiger partial charge >= 0.3 is 0 Å². The van der Waals surface area contributed by atoms with Crippen molar-refractivity contribution in [2.45, 2.75) is 64.8 Å². The number of amides is 1. The summed E-state index contributed by atoms with van der Waals surface area (Å²) in [6.45, 7) is 8.76. The number of nitrogens with zero attached hydrogens (tertiary/aromatic N) is 2. The Morgan fingerprint density at radius 3 is 2.42 bits per heavy atom. The molecule has 0 aliphatic carbocycles. The van der Waals surface area contributed by atoms with Gasteiger partial charge in [0.1, 0.15) is 5.75 Å². The van der Waals surface area contributed by atoms with Gasteiger partial charge in [0.05, 0.1) is 0 Å². The number of hydrogen-bond acceptors (Lipinski definition) is 3. The van der Waals surface area contributed by atoms with Gasteiger partial charge in [0, 0.05) is 19.1 Å². The molecule has 1 aromatic carbocycles. The molecule has 26 heavy (non-hydrogen) atoms. The highest BCUT2D eigenvalue weighted by molar-refractivity contribution is 5.78. The van der Waals surface area contributed by atoms with Crippen molar-refractivity contribution in [1.29, 1.82) is 0 Å². The van der Waals surface area contributed by atoms with Gasteiger partial charge in [-0.25, -0.2) is 0 Å². The summed E-state index contributed by atoms with van der Waals surface area (Å²) in [6.07, 6.45) is 8.65. The lowest BCUT2D eigenvalue weighted by atomic mass is 9.98. The molecule has 2 aliphatic rings. The normalized spacial score (nSPS) is 21.6. The summed E-state index contributed by atoms with van der Waals surface area (Å²) in [5.74, 6) is 0.949. The Morgan fingerprint density at radius 2 is 1.69 bits per heavy atom. The molecule has 0 spiro atoms. The van der Waals surface area contributed by atoms with Crippen LogP contribution >= 0.6 is 0 Å². The molecule has 2 fully saturated rings. The van der Waals surface area contributed by atoms with Crippen LogP contribution in [-0.2, 0) is 4.79 Å². The smallest absolute Gasteiger partial charge is 0.260 e. The number of carbonyl (C=O) groups is 1. The second kappa shape index (κ2) is 9.40. The van der Waals surface area contributed by atoms with Crippen LogP contribution in [0.3, 0.4) is 0 Å². The van der Waals surface area contributed by atoms with E-state index >= 15 is 0 Å². The average Bonchev–Trinajstić information content (AvgIpc) is 2.65. The summed E-state index contributed by atoms with van der Waals surface area (Å²) >= 11 is 0. The lowest BCUT2D eigenvalue weighted by Crippen LogP contribution is -2.47. The topological polar surface area (TPSA) is 32.8 Å². The molecule has 4 nitrogen and oxygen atoms in total. The fraction of sp³-hybridized carbons (Fsp3) is 0.682. The van der Waals surface area contributed by atoms with Gasteiger partial charge in [0.2, 0.25) is 0 Å². The van der Waals surface area contributed by atoms with Crippen molar-refractivity contribution in [2.24, 2.45) is 0 Å². The highest BCUT2D eigenvalue weighted by Gasteiger charge is 2.27. The van der Waals surface area contributed by atoms with E-state index < -0.39 is 0 Å². The molecular weight excluding hydrogens is 324 g/mol. The van der Waals surface area contributed by atoms with Crippen molar-refractivity contribution in [2.75, 3.05) is 32.8 Å². The molecule has 4 heteroatoms. The van der Waals surface area contributed by atoms with E-state index in [0.717, 1.165) is 38.1 Å². The van der Waals surface area contributed by atoms with Crippen LogP contribution in [-0.4, -0.2) is 54.5 Å². The summed E-state index contributed by atoms with van der Waals surface area (Å²) in [7, 11) is 0. The summed E-state index contributed by atoms with van der Waals surface area (Å²) in [6, 6.07) is 6.52. The van der Waals surface area contributed by atoms with Crippen LogP contribution in [0, 0.1) is 13.8 Å². The van der Waals surface area contributed by atoms with Gasteiger partial charge in [0.15, 0.2) is 6.61 Å². The molecule has 3 rings (SSSR count). The standard InChI is InChI=1S/C22H34N2O2/c1-18-14-19(2)16-21(15-18)26-17-22(25)24-12-7-4-8-20(24)9-13-23-10-5-3-6-11-23/h14-16,20H,3-13,17H2,1-2H3. The minimum Gasteiger partial charge on any atom is -0.484 e. The van der Waals surface area contributed by atoms with Crippen molar-refractivity contribution >= 4 is 5.91 Å². The SMILES string of the molecule is Cc1cc(C)cc(OCC(=O)N2CCCCC2CCN2CCCCC2)c1. The van der Waals surface area contributed by atoms with Gasteiger partial charge < -0.3 is 14.5 Å². The zero-order valence-corrected chi connectivity index (χ0v) is 16.5. The van der Waals surface area contributed by atoms with E-state index in [1.165, 1.54) is 49.9 Å². The molecule has 0 N–H and O–H groups in total. The van der Waals surface area contributed by atoms with Crippen LogP contribution in [0.5, 0.6) is 5.75 Å². The second-order valence-electron chi connectivity index (χ2n) is 8.04. The molecule has 2 saturated heterocycles. The summed E-state index contributed by atoms with van der Waals surface area (Å²) in [5, 5.41) is 0. The zero-order valence-electron chi connectivity index (χ0n) is 16.5. The number of aryl methyl sites for hydroxylation is 2. The highest BCUT2D eigenvalue weighted by atomic mass is 16.5. The first-order valence-electron chi connectivity index (χ1n) is 10.3. The first-order chi connectivity index (χ1) is 12.6. The van der Waals surface area contributed by atoms with Crippen LogP contribution in [0.2, 0.25) is 0 Å². The Morgan fingerprint density at radius 1 is 1.00 bits per heavy atom. The van der Waals surface area contributed by atoms with E-state index in [1.807, 2.05) is 12.1 Å². The van der Waals surface area contributed by atoms with Crippen LogP contribution in [0.25, 0.3) is 0 Å². The Hall–Kier alpha value is -1.55. The highest BCUT2D eigenvalue weighted by Crippen LogP contribution is 2.22. The predicted octanol–water partition coefficient (Wildman–Crippen LogP) is 3.94. The molecule has 0 bridgehead atoms. The zero-order chi connectivity index (χ0) is 18.4. The molecule has 2 heterocycles. The van der Waals surface area contributed by atoms with Crippen LogP contribution in [0.1, 0.15) is 56.1 Å². The molecule has 1 unspecified atom stereocenters. The molecule has 0 radical (unpaired) electrons. The fourth-order valence-electron chi connectivity index (χ4n) is 4.39. The van der Waals surface area contributed by atoms with Gasteiger partial charge in [0.25, 0.3) is 5.91 Å². The van der Waals surface area contributed by atoms with Crippen molar-refractivity contribution in [3.05, 3.63) is 29.3 Å². The van der Waals surface area contributed by atoms with E-state index in [2.05, 4.69) is 29.7 Å². The number of piperidine rings is 2. The van der Waals surface area contributed by atoms with Gasteiger partial charge in [-0.15, -0.1) is 0 Å². The fourth-order valence-corrected chi connectivity index (χ4v) is 4.39. The molecular formula is C22H34N2O2. The first-order valence-corrected chi connectivity index (χ1v) is 10.3. The lowest BCUT2D eigenvalue weighted by Gasteiger charge is -2.37. The number of benzene rings is 1. The third kappa shape index (κ3) is 5.47. The van der Waals surface area contributed by atoms with Crippen molar-refractivity contribution in [3.63, 3.8) is 0 Å². The van der Waals surface area contributed by atoms with E-state index in [4.69, 9.17) is 4.74 Å². The molecule has 1 atom stereocenters. The van der Waals surface area contributed by atoms with E-state index in [-0.39, 0.29) is 12.5 Å². The van der Waals surface area contributed by atoms with Gasteiger partial charge in [-0.1, -0.05) is 12.5 Å². The monoisotopic (exact) mass is 358 g/mol. The second-order valence-corrected chi connectivity index (χ2v) is 8.04. The number of carbonyl (C=O) groups excluding carboxylic acids is 1. The summed E-state index contributed by atoms with van der Waals surface area (Å²) < 4.78 is 5.82. The summed E-state index contributed by atoms with van der Waals surface area (Å²) in [5.41, 5.74) is 2.34.